The lowest BCUT2D eigenvalue weighted by atomic mass is 9.96. The molecule has 39 heavy (non-hydrogen) atoms. The molecule has 0 unspecified atom stereocenters. The maximum absolute atomic E-state index is 13.4. The van der Waals surface area contributed by atoms with Crippen molar-refractivity contribution in [3.8, 4) is 0 Å². The second kappa shape index (κ2) is 11.9. The van der Waals surface area contributed by atoms with Gasteiger partial charge in [0.1, 0.15) is 0 Å². The summed E-state index contributed by atoms with van der Waals surface area (Å²) in [6.45, 7) is 2.00. The highest BCUT2D eigenvalue weighted by Crippen LogP contribution is 2.30. The van der Waals surface area contributed by atoms with Crippen molar-refractivity contribution >= 4 is 38.9 Å². The fourth-order valence-electron chi connectivity index (χ4n) is 4.68. The molecular weight excluding hydrogens is 532 g/mol. The molecule has 5 rings (SSSR count). The summed E-state index contributed by atoms with van der Waals surface area (Å²) in [6.07, 6.45) is 1.40. The van der Waals surface area contributed by atoms with Gasteiger partial charge < -0.3 is 9.73 Å². The van der Waals surface area contributed by atoms with Crippen molar-refractivity contribution in [3.05, 3.63) is 120 Å². The monoisotopic (exact) mass is 560 g/mol. The zero-order chi connectivity index (χ0) is 27.2. The van der Waals surface area contributed by atoms with E-state index in [4.69, 9.17) is 16.6 Å². The van der Waals surface area contributed by atoms with Crippen LogP contribution < -0.4 is 10.6 Å². The van der Waals surface area contributed by atoms with Crippen LogP contribution in [-0.4, -0.2) is 54.8 Å². The minimum absolute atomic E-state index is 0.0553. The fourth-order valence-corrected chi connectivity index (χ4v) is 6.31. The maximum atomic E-state index is 13.4. The molecule has 0 spiro atoms. The van der Waals surface area contributed by atoms with Gasteiger partial charge in [-0.2, -0.15) is 4.31 Å². The molecule has 0 radical (unpaired) electrons. The minimum atomic E-state index is -3.67. The summed E-state index contributed by atoms with van der Waals surface area (Å²) in [6, 6.07) is 30.1. The van der Waals surface area contributed by atoms with Crippen LogP contribution in [-0.2, 0) is 10.0 Å². The van der Waals surface area contributed by atoms with Gasteiger partial charge in [0.25, 0.3) is 5.91 Å². The van der Waals surface area contributed by atoms with Crippen molar-refractivity contribution in [2.75, 3.05) is 31.5 Å². The number of thiocarbonyl (C=S) groups is 1. The summed E-state index contributed by atoms with van der Waals surface area (Å²) in [5.74, 6) is -0.336. The van der Waals surface area contributed by atoms with E-state index in [1.165, 1.54) is 39.9 Å². The molecular formula is C29H28N4O4S2. The predicted octanol–water partition coefficient (Wildman–Crippen LogP) is 4.50. The zero-order valence-corrected chi connectivity index (χ0v) is 22.7. The Morgan fingerprint density at radius 2 is 1.38 bits per heavy atom. The molecule has 3 aromatic carbocycles. The van der Waals surface area contributed by atoms with Crippen molar-refractivity contribution in [1.82, 2.24) is 14.5 Å². The van der Waals surface area contributed by atoms with Gasteiger partial charge in [0.05, 0.1) is 17.2 Å². The first kappa shape index (κ1) is 26.8. The Bertz CT molecular complexity index is 1460. The van der Waals surface area contributed by atoms with Gasteiger partial charge in [-0.25, -0.2) is 8.42 Å². The molecule has 0 atom stereocenters. The lowest BCUT2D eigenvalue weighted by molar-refractivity contribution is 0.0950. The largest absolute Gasteiger partial charge is 0.459 e. The van der Waals surface area contributed by atoms with E-state index < -0.39 is 15.9 Å². The van der Waals surface area contributed by atoms with Crippen LogP contribution >= 0.6 is 12.2 Å². The summed E-state index contributed by atoms with van der Waals surface area (Å²) in [5, 5.41) is 5.48. The molecule has 0 saturated carbocycles. The number of sulfonamides is 1. The van der Waals surface area contributed by atoms with Gasteiger partial charge in [0.2, 0.25) is 10.0 Å². The van der Waals surface area contributed by atoms with Gasteiger partial charge >= 0.3 is 0 Å². The summed E-state index contributed by atoms with van der Waals surface area (Å²) in [7, 11) is -3.67. The van der Waals surface area contributed by atoms with Gasteiger partial charge in [0.15, 0.2) is 10.9 Å². The molecule has 2 N–H and O–H groups in total. The van der Waals surface area contributed by atoms with Gasteiger partial charge in [-0.1, -0.05) is 60.7 Å². The Morgan fingerprint density at radius 1 is 0.795 bits per heavy atom. The van der Waals surface area contributed by atoms with Gasteiger partial charge in [-0.15, -0.1) is 0 Å². The first-order valence-corrected chi connectivity index (χ1v) is 14.4. The van der Waals surface area contributed by atoms with E-state index in [1.54, 1.807) is 18.2 Å². The van der Waals surface area contributed by atoms with Crippen LogP contribution in [0.25, 0.3) is 0 Å². The van der Waals surface area contributed by atoms with Crippen molar-refractivity contribution in [3.63, 3.8) is 0 Å². The van der Waals surface area contributed by atoms with E-state index in [2.05, 4.69) is 39.8 Å². The minimum Gasteiger partial charge on any atom is -0.459 e. The number of hydrogen-bond donors (Lipinski definition) is 2. The molecule has 1 aliphatic heterocycles. The predicted molar refractivity (Wildman–Crippen MR) is 154 cm³/mol. The lowest BCUT2D eigenvalue weighted by Gasteiger charge is -2.39. The lowest BCUT2D eigenvalue weighted by Crippen LogP contribution is -2.49. The molecule has 8 nitrogen and oxygen atoms in total. The number of piperazine rings is 1. The summed E-state index contributed by atoms with van der Waals surface area (Å²) < 4.78 is 33.4. The Labute approximate surface area is 233 Å². The first-order valence-electron chi connectivity index (χ1n) is 12.5. The Hall–Kier alpha value is -3.83. The van der Waals surface area contributed by atoms with Gasteiger partial charge in [-0.3, -0.25) is 15.0 Å². The number of rotatable bonds is 7. The third-order valence-corrected chi connectivity index (χ3v) is 8.71. The third-order valence-electron chi connectivity index (χ3n) is 6.59. The SMILES string of the molecule is O=C(NC(=S)Nc1ccc(S(=O)(=O)N2CCN(C(c3ccccc3)c3ccccc3)CC2)cc1)c1ccco1. The number of anilines is 1. The van der Waals surface area contributed by atoms with Crippen molar-refractivity contribution < 1.29 is 17.6 Å². The Balaban J connectivity index is 1.22. The molecule has 1 fully saturated rings. The van der Waals surface area contributed by atoms with E-state index in [9.17, 15) is 13.2 Å². The Kier molecular flexibility index (Phi) is 8.18. The number of nitrogens with one attached hydrogen (secondary N) is 2. The van der Waals surface area contributed by atoms with E-state index in [0.29, 0.717) is 31.9 Å². The zero-order valence-electron chi connectivity index (χ0n) is 21.1. The first-order chi connectivity index (χ1) is 18.9. The van der Waals surface area contributed by atoms with Crippen LogP contribution in [0.5, 0.6) is 0 Å². The highest BCUT2D eigenvalue weighted by atomic mass is 32.2. The van der Waals surface area contributed by atoms with E-state index in [-0.39, 0.29) is 21.8 Å². The smallest absolute Gasteiger partial charge is 0.293 e. The number of benzene rings is 3. The van der Waals surface area contributed by atoms with Crippen molar-refractivity contribution in [2.45, 2.75) is 10.9 Å². The second-order valence-electron chi connectivity index (χ2n) is 9.07. The second-order valence-corrected chi connectivity index (χ2v) is 11.4. The van der Waals surface area contributed by atoms with E-state index in [0.717, 1.165) is 0 Å². The highest BCUT2D eigenvalue weighted by Gasteiger charge is 2.32. The van der Waals surface area contributed by atoms with Crippen LogP contribution in [0.3, 0.4) is 0 Å². The van der Waals surface area contributed by atoms with Crippen LogP contribution in [0, 0.1) is 0 Å². The Morgan fingerprint density at radius 3 is 1.92 bits per heavy atom. The van der Waals surface area contributed by atoms with E-state index in [1.807, 2.05) is 36.4 Å². The van der Waals surface area contributed by atoms with Gasteiger partial charge in [-0.05, 0) is 59.7 Å². The van der Waals surface area contributed by atoms with Crippen molar-refractivity contribution in [2.24, 2.45) is 0 Å². The average molecular weight is 561 g/mol. The molecule has 0 bridgehead atoms. The third kappa shape index (κ3) is 6.26. The topological polar surface area (TPSA) is 94.9 Å². The molecule has 200 valence electrons. The number of hydrogen-bond acceptors (Lipinski definition) is 6. The summed E-state index contributed by atoms with van der Waals surface area (Å²) >= 11 is 5.18. The fraction of sp³-hybridized carbons (Fsp3) is 0.172. The average Bonchev–Trinajstić information content (AvgIpc) is 3.51. The molecule has 4 aromatic rings. The summed E-state index contributed by atoms with van der Waals surface area (Å²) in [4.78, 5) is 14.6. The number of furan rings is 1. The van der Waals surface area contributed by atoms with Crippen LogP contribution in [0.1, 0.15) is 27.7 Å². The molecule has 1 amide bonds. The number of carbonyl (C=O) groups excluding carboxylic acids is 1. The molecule has 1 saturated heterocycles. The molecule has 0 aliphatic carbocycles. The maximum Gasteiger partial charge on any atom is 0.293 e. The molecule has 1 aliphatic rings. The number of carbonyl (C=O) groups is 1. The molecule has 2 heterocycles. The summed E-state index contributed by atoms with van der Waals surface area (Å²) in [5.41, 5.74) is 2.92. The number of amides is 1. The van der Waals surface area contributed by atoms with Crippen molar-refractivity contribution in [1.29, 1.82) is 0 Å². The quantitative estimate of drug-likeness (QED) is 0.322. The highest BCUT2D eigenvalue weighted by molar-refractivity contribution is 7.89. The normalized spacial score (nSPS) is 14.7. The van der Waals surface area contributed by atoms with Crippen LogP contribution in [0.2, 0.25) is 0 Å². The standard InChI is InChI=1S/C29H28N4O4S2/c34-28(26-12-7-21-37-26)31-29(38)30-24-13-15-25(16-14-24)39(35,36)33-19-17-32(18-20-33)27(22-8-3-1-4-9-22)23-10-5-2-6-11-23/h1-16,21,27H,17-20H2,(H2,30,31,34,38). The van der Waals surface area contributed by atoms with Crippen LogP contribution in [0.15, 0.2) is 113 Å². The van der Waals surface area contributed by atoms with E-state index >= 15 is 0 Å². The van der Waals surface area contributed by atoms with Crippen LogP contribution in [0.4, 0.5) is 5.69 Å². The number of nitrogens with zero attached hydrogens (tertiary/aromatic N) is 2. The molecule has 10 heteroatoms. The van der Waals surface area contributed by atoms with Gasteiger partial charge in [0, 0.05) is 31.9 Å². The molecule has 1 aromatic heterocycles.